The molecule has 0 aromatic heterocycles. The number of nitrogens with zero attached hydrogens (tertiary/aromatic N) is 5. The largest absolute Gasteiger partial charge is 0.388 e. The monoisotopic (exact) mass is 932 g/mol. The van der Waals surface area contributed by atoms with Crippen LogP contribution in [0.1, 0.15) is 109 Å². The van der Waals surface area contributed by atoms with Gasteiger partial charge in [-0.25, -0.2) is 8.78 Å². The first kappa shape index (κ1) is 45.8. The van der Waals surface area contributed by atoms with E-state index in [9.17, 15) is 23.5 Å². The molecule has 0 radical (unpaired) electrons. The number of rotatable bonds is 12. The van der Waals surface area contributed by atoms with Gasteiger partial charge in [-0.3, -0.25) is 9.59 Å². The minimum atomic E-state index is -0.532. The molecule has 0 spiro atoms. The van der Waals surface area contributed by atoms with Gasteiger partial charge in [0.1, 0.15) is 23.7 Å². The van der Waals surface area contributed by atoms with Crippen LogP contribution in [-0.2, 0) is 29.1 Å². The van der Waals surface area contributed by atoms with Crippen molar-refractivity contribution in [1.29, 1.82) is 0 Å². The Morgan fingerprint density at radius 1 is 0.609 bits per heavy atom. The van der Waals surface area contributed by atoms with E-state index < -0.39 is 6.10 Å². The lowest BCUT2D eigenvalue weighted by Gasteiger charge is -2.42. The number of carbonyl (C=O) groups excluding carboxylic acids is 2. The number of amides is 2. The zero-order chi connectivity index (χ0) is 47.0. The van der Waals surface area contributed by atoms with E-state index in [0.717, 1.165) is 99.3 Å². The summed E-state index contributed by atoms with van der Waals surface area (Å²) < 4.78 is 27.9. The first-order valence-corrected chi connectivity index (χ1v) is 26.0. The van der Waals surface area contributed by atoms with Gasteiger partial charge in [0, 0.05) is 69.5 Å². The molecule has 1 saturated carbocycles. The highest BCUT2D eigenvalue weighted by Gasteiger charge is 2.49. The van der Waals surface area contributed by atoms with Gasteiger partial charge in [0.05, 0.1) is 6.10 Å². The van der Waals surface area contributed by atoms with Gasteiger partial charge in [-0.2, -0.15) is 0 Å². The maximum Gasteiger partial charge on any atom is 0.245 e. The predicted octanol–water partition coefficient (Wildman–Crippen LogP) is 10.3. The molecule has 5 heterocycles. The summed E-state index contributed by atoms with van der Waals surface area (Å²) in [7, 11) is 0. The Labute approximate surface area is 406 Å². The Morgan fingerprint density at radius 3 is 1.87 bits per heavy atom. The lowest BCUT2D eigenvalue weighted by atomic mass is 9.71. The van der Waals surface area contributed by atoms with Gasteiger partial charge >= 0.3 is 0 Å². The fraction of sp³-hybridized carbons (Fsp3) is 0.458. The van der Waals surface area contributed by atoms with Gasteiger partial charge in [0.2, 0.25) is 11.8 Å². The number of aliphatic hydroxyl groups excluding tert-OH is 1. The molecule has 3 saturated heterocycles. The smallest absolute Gasteiger partial charge is 0.245 e. The van der Waals surface area contributed by atoms with Gasteiger partial charge in [0.25, 0.3) is 0 Å². The summed E-state index contributed by atoms with van der Waals surface area (Å²) >= 11 is 0. The minimum Gasteiger partial charge on any atom is -0.388 e. The fourth-order valence-electron chi connectivity index (χ4n) is 13.0. The van der Waals surface area contributed by atoms with Crippen LogP contribution in [0.4, 0.5) is 20.2 Å². The molecule has 10 heteroatoms. The number of para-hydroxylation sites is 1. The van der Waals surface area contributed by atoms with Crippen molar-refractivity contribution in [1.82, 2.24) is 14.7 Å². The van der Waals surface area contributed by atoms with Gasteiger partial charge in [-0.05, 0) is 158 Å². The Hall–Kier alpha value is -5.58. The topological polar surface area (TPSA) is 70.6 Å². The third-order valence-electron chi connectivity index (χ3n) is 17.2. The van der Waals surface area contributed by atoms with E-state index >= 15 is 0 Å². The number of halogens is 2. The number of carbonyl (C=O) groups is 2. The molecule has 5 aromatic carbocycles. The van der Waals surface area contributed by atoms with Crippen LogP contribution in [0, 0.1) is 29.4 Å². The highest BCUT2D eigenvalue weighted by atomic mass is 19.1. The molecule has 5 aromatic rings. The van der Waals surface area contributed by atoms with E-state index in [-0.39, 0.29) is 47.4 Å². The second-order valence-electron chi connectivity index (χ2n) is 21.2. The molecule has 4 atom stereocenters. The molecular formula is C59H67F2N5O3. The SMILES string of the molecule is O=C(C1Cc2cc(C3CCN(CC4CCN(C(=O)C5C(C6CCC6)c6ccccc6N5Cc5ccc(F)cc5)CC4)CC3)ccc2N1Cc1ccc(F)cc1)N1CCC(C(O)c2ccccc2)CC1. The number of piperidine rings is 3. The van der Waals surface area contributed by atoms with E-state index in [2.05, 4.69) is 62.1 Å². The number of benzene rings is 5. The Bertz CT molecular complexity index is 2570. The Kier molecular flexibility index (Phi) is 13.3. The van der Waals surface area contributed by atoms with Crippen LogP contribution >= 0.6 is 0 Å². The molecule has 1 aliphatic carbocycles. The van der Waals surface area contributed by atoms with Crippen molar-refractivity contribution in [3.63, 3.8) is 0 Å². The third kappa shape index (κ3) is 9.56. The quantitative estimate of drug-likeness (QED) is 0.134. The van der Waals surface area contributed by atoms with Crippen LogP contribution in [0.5, 0.6) is 0 Å². The van der Waals surface area contributed by atoms with Crippen molar-refractivity contribution < 1.29 is 23.5 Å². The molecule has 360 valence electrons. The second-order valence-corrected chi connectivity index (χ2v) is 21.2. The molecule has 69 heavy (non-hydrogen) atoms. The molecule has 1 N–H and O–H groups in total. The van der Waals surface area contributed by atoms with Crippen molar-refractivity contribution in [2.45, 2.75) is 107 Å². The summed E-state index contributed by atoms with van der Waals surface area (Å²) in [6.07, 6.45) is 9.42. The first-order valence-electron chi connectivity index (χ1n) is 26.0. The van der Waals surface area contributed by atoms with E-state index in [1.807, 2.05) is 59.5 Å². The molecule has 0 bridgehead atoms. The van der Waals surface area contributed by atoms with Crippen molar-refractivity contribution in [2.75, 3.05) is 55.6 Å². The molecular weight excluding hydrogens is 865 g/mol. The average Bonchev–Trinajstić information content (AvgIpc) is 3.89. The molecule has 2 amide bonds. The van der Waals surface area contributed by atoms with Crippen LogP contribution in [0.3, 0.4) is 0 Å². The maximum absolute atomic E-state index is 14.8. The molecule has 4 unspecified atom stereocenters. The van der Waals surface area contributed by atoms with Crippen LogP contribution < -0.4 is 9.80 Å². The third-order valence-corrected chi connectivity index (χ3v) is 17.2. The number of hydrogen-bond acceptors (Lipinski definition) is 6. The summed E-state index contributed by atoms with van der Waals surface area (Å²) in [5.41, 5.74) is 9.04. The Morgan fingerprint density at radius 2 is 1.22 bits per heavy atom. The van der Waals surface area contributed by atoms with E-state index in [1.54, 1.807) is 0 Å². The van der Waals surface area contributed by atoms with Crippen molar-refractivity contribution >= 4 is 23.2 Å². The van der Waals surface area contributed by atoms with Crippen LogP contribution in [0.2, 0.25) is 0 Å². The number of likely N-dealkylation sites (tertiary alicyclic amines) is 3. The minimum absolute atomic E-state index is 0.115. The lowest BCUT2D eigenvalue weighted by molar-refractivity contribution is -0.135. The maximum atomic E-state index is 14.8. The number of aliphatic hydroxyl groups is 1. The highest BCUT2D eigenvalue weighted by Crippen LogP contribution is 2.52. The van der Waals surface area contributed by atoms with E-state index in [4.69, 9.17) is 0 Å². The summed E-state index contributed by atoms with van der Waals surface area (Å²) in [4.78, 5) is 40.7. The summed E-state index contributed by atoms with van der Waals surface area (Å²) in [5, 5.41) is 11.1. The van der Waals surface area contributed by atoms with Crippen LogP contribution in [0.15, 0.2) is 121 Å². The molecule has 11 rings (SSSR count). The number of anilines is 2. The van der Waals surface area contributed by atoms with Crippen LogP contribution in [-0.4, -0.2) is 89.5 Å². The summed E-state index contributed by atoms with van der Waals surface area (Å²) in [6, 6.07) is 38.2. The first-order chi connectivity index (χ1) is 33.7. The normalized spacial score (nSPS) is 23.2. The predicted molar refractivity (Wildman–Crippen MR) is 268 cm³/mol. The standard InChI is InChI=1S/C59H67F2N5O3/c60-49-18-13-40(14-19-49)38-65-52-22-17-47(35-48(52)36-54(65)58(68)63-33-27-46(28-34-63)57(67)45-7-2-1-3-8-45)43-25-29-62(30-26-43)37-42-23-31-64(32-24-42)59(69)56-55(44-9-6-10-44)51-11-4-5-12-53(51)66(56)39-41-15-20-50(61)21-16-41/h1-5,7-8,11-22,35,42-44,46,54-57,67H,6,9-10,23-34,36-39H2. The van der Waals surface area contributed by atoms with Gasteiger partial charge in [0.15, 0.2) is 0 Å². The number of hydrogen-bond donors (Lipinski definition) is 1. The van der Waals surface area contributed by atoms with Crippen LogP contribution in [0.25, 0.3) is 0 Å². The summed E-state index contributed by atoms with van der Waals surface area (Å²) in [6.45, 7) is 7.13. The number of fused-ring (bicyclic) bond motifs is 2. The van der Waals surface area contributed by atoms with Crippen molar-refractivity contribution in [3.05, 3.63) is 166 Å². The summed E-state index contributed by atoms with van der Waals surface area (Å²) in [5.74, 6) is 1.72. The van der Waals surface area contributed by atoms with E-state index in [0.29, 0.717) is 50.4 Å². The second kappa shape index (κ2) is 20.0. The zero-order valence-electron chi connectivity index (χ0n) is 39.9. The highest BCUT2D eigenvalue weighted by molar-refractivity contribution is 5.90. The molecule has 8 nitrogen and oxygen atoms in total. The molecule has 4 fully saturated rings. The van der Waals surface area contributed by atoms with Gasteiger partial charge in [-0.15, -0.1) is 0 Å². The average molecular weight is 932 g/mol. The molecule has 5 aliphatic heterocycles. The fourth-order valence-corrected chi connectivity index (χ4v) is 13.0. The van der Waals surface area contributed by atoms with Crippen molar-refractivity contribution in [2.24, 2.45) is 17.8 Å². The zero-order valence-corrected chi connectivity index (χ0v) is 39.9. The van der Waals surface area contributed by atoms with Gasteiger partial charge < -0.3 is 29.6 Å². The lowest BCUT2D eigenvalue weighted by Crippen LogP contribution is -2.53. The van der Waals surface area contributed by atoms with Gasteiger partial charge in [-0.1, -0.05) is 91.3 Å². The Balaban J connectivity index is 0.705. The van der Waals surface area contributed by atoms with E-state index in [1.165, 1.54) is 60.2 Å². The molecule has 6 aliphatic rings. The van der Waals surface area contributed by atoms with Crippen molar-refractivity contribution in [3.8, 4) is 0 Å².